The van der Waals surface area contributed by atoms with Crippen LogP contribution in [0.15, 0.2) is 0 Å². The zero-order chi connectivity index (χ0) is 10.1. The van der Waals surface area contributed by atoms with Crippen molar-refractivity contribution in [3.8, 4) is 0 Å². The minimum absolute atomic E-state index is 0.0621. The zero-order valence-electron chi connectivity index (χ0n) is 7.47. The Balaban J connectivity index is 2.68. The molecule has 0 amide bonds. The van der Waals surface area contributed by atoms with Crippen molar-refractivity contribution in [1.82, 2.24) is 0 Å². The van der Waals surface area contributed by atoms with Crippen LogP contribution < -0.4 is 0 Å². The predicted octanol–water partition coefficient (Wildman–Crippen LogP) is 1.51. The molecule has 0 aliphatic heterocycles. The molecule has 0 heterocycles. The van der Waals surface area contributed by atoms with Crippen molar-refractivity contribution >= 4 is 0 Å². The fraction of sp³-hybridized carbons (Fsp3) is 0.889. The van der Waals surface area contributed by atoms with Gasteiger partial charge in [0.05, 0.1) is 11.7 Å². The first-order valence-electron chi connectivity index (χ1n) is 4.47. The maximum atomic E-state index is 12.9. The quantitative estimate of drug-likeness (QED) is 0.698. The van der Waals surface area contributed by atoms with Gasteiger partial charge in [-0.05, 0) is 19.3 Å². The van der Waals surface area contributed by atoms with E-state index in [1.165, 1.54) is 0 Å². The van der Waals surface area contributed by atoms with Gasteiger partial charge >= 0.3 is 0 Å². The van der Waals surface area contributed by atoms with Gasteiger partial charge in [0.25, 0.3) is 5.92 Å². The van der Waals surface area contributed by atoms with Gasteiger partial charge in [-0.1, -0.05) is 6.92 Å². The molecule has 2 atom stereocenters. The highest BCUT2D eigenvalue weighted by atomic mass is 19.3. The van der Waals surface area contributed by atoms with Gasteiger partial charge in [-0.3, -0.25) is 0 Å². The third kappa shape index (κ3) is 2.38. The molecule has 1 rings (SSSR count). The van der Waals surface area contributed by atoms with Gasteiger partial charge in [0, 0.05) is 12.8 Å². The molecular formula is C9H15F2O2. The summed E-state index contributed by atoms with van der Waals surface area (Å²) >= 11 is 0. The average molecular weight is 193 g/mol. The van der Waals surface area contributed by atoms with E-state index in [-0.39, 0.29) is 25.7 Å². The Bertz CT molecular complexity index is 184. The summed E-state index contributed by atoms with van der Waals surface area (Å²) in [4.78, 5) is 0. The second-order valence-corrected chi connectivity index (χ2v) is 3.79. The summed E-state index contributed by atoms with van der Waals surface area (Å²) in [6.45, 7) is 3.40. The van der Waals surface area contributed by atoms with E-state index in [2.05, 4.69) is 6.92 Å². The summed E-state index contributed by atoms with van der Waals surface area (Å²) in [5, 5.41) is 19.0. The Morgan fingerprint density at radius 1 is 1.38 bits per heavy atom. The summed E-state index contributed by atoms with van der Waals surface area (Å²) in [6, 6.07) is 0. The molecule has 0 aromatic heterocycles. The minimum atomic E-state index is -2.84. The molecule has 1 aliphatic carbocycles. The van der Waals surface area contributed by atoms with Crippen molar-refractivity contribution in [2.45, 2.75) is 49.7 Å². The molecule has 0 aromatic carbocycles. The van der Waals surface area contributed by atoms with Crippen LogP contribution in [-0.4, -0.2) is 27.8 Å². The molecule has 13 heavy (non-hydrogen) atoms. The summed E-state index contributed by atoms with van der Waals surface area (Å²) < 4.78 is 25.8. The first-order valence-corrected chi connectivity index (χ1v) is 4.47. The molecule has 0 bridgehead atoms. The van der Waals surface area contributed by atoms with Crippen molar-refractivity contribution in [2.75, 3.05) is 0 Å². The monoisotopic (exact) mass is 193 g/mol. The Kier molecular flexibility index (Phi) is 2.92. The van der Waals surface area contributed by atoms with Crippen LogP contribution in [0.5, 0.6) is 0 Å². The van der Waals surface area contributed by atoms with Crippen LogP contribution in [0.1, 0.15) is 32.1 Å². The third-order valence-corrected chi connectivity index (χ3v) is 2.61. The molecule has 4 heteroatoms. The lowest BCUT2D eigenvalue weighted by atomic mass is 9.78. The van der Waals surface area contributed by atoms with E-state index in [4.69, 9.17) is 0 Å². The molecule has 77 valence electrons. The average Bonchev–Trinajstić information content (AvgIpc) is 2.00. The molecule has 1 aliphatic rings. The Morgan fingerprint density at radius 3 is 2.46 bits per heavy atom. The largest absolute Gasteiger partial charge is 0.390 e. The van der Waals surface area contributed by atoms with E-state index in [1.54, 1.807) is 0 Å². The third-order valence-electron chi connectivity index (χ3n) is 2.61. The van der Waals surface area contributed by atoms with Gasteiger partial charge in [0.2, 0.25) is 0 Å². The lowest BCUT2D eigenvalue weighted by Crippen LogP contribution is -2.49. The van der Waals surface area contributed by atoms with Gasteiger partial charge in [0.1, 0.15) is 0 Å². The lowest BCUT2D eigenvalue weighted by molar-refractivity contribution is -0.167. The molecule has 1 radical (unpaired) electrons. The fourth-order valence-electron chi connectivity index (χ4n) is 1.83. The van der Waals surface area contributed by atoms with Crippen LogP contribution in [0.3, 0.4) is 0 Å². The van der Waals surface area contributed by atoms with E-state index in [0.717, 1.165) is 0 Å². The highest BCUT2D eigenvalue weighted by Crippen LogP contribution is 2.41. The standard InChI is InChI=1S/C9H15F2O2/c1-2-7(12)8(13)4-3-5-9(10,11)6-8/h7,12-13H,1-6H2. The number of aliphatic hydroxyl groups excluding tert-OH is 1. The number of aliphatic hydroxyl groups is 2. The summed E-state index contributed by atoms with van der Waals surface area (Å²) in [5.74, 6) is -2.84. The lowest BCUT2D eigenvalue weighted by Gasteiger charge is -2.39. The summed E-state index contributed by atoms with van der Waals surface area (Å²) in [5.41, 5.74) is -1.64. The van der Waals surface area contributed by atoms with Crippen LogP contribution >= 0.6 is 0 Å². The summed E-state index contributed by atoms with van der Waals surface area (Å²) in [6.07, 6.45) is -1.43. The van der Waals surface area contributed by atoms with Gasteiger partial charge < -0.3 is 10.2 Å². The number of hydrogen-bond acceptors (Lipinski definition) is 2. The van der Waals surface area contributed by atoms with E-state index < -0.39 is 24.0 Å². The van der Waals surface area contributed by atoms with Crippen LogP contribution in [0.2, 0.25) is 0 Å². The van der Waals surface area contributed by atoms with Crippen LogP contribution in [-0.2, 0) is 0 Å². The maximum Gasteiger partial charge on any atom is 0.251 e. The fourth-order valence-corrected chi connectivity index (χ4v) is 1.83. The molecule has 0 spiro atoms. The van der Waals surface area contributed by atoms with Crippen LogP contribution in [0.4, 0.5) is 8.78 Å². The normalized spacial score (nSPS) is 35.8. The maximum absolute atomic E-state index is 12.9. The molecule has 1 fully saturated rings. The van der Waals surface area contributed by atoms with E-state index >= 15 is 0 Å². The van der Waals surface area contributed by atoms with Gasteiger partial charge in [-0.15, -0.1) is 0 Å². The number of alkyl halides is 2. The van der Waals surface area contributed by atoms with E-state index in [1.807, 2.05) is 0 Å². The molecule has 0 saturated heterocycles. The van der Waals surface area contributed by atoms with Gasteiger partial charge in [-0.2, -0.15) is 0 Å². The van der Waals surface area contributed by atoms with Gasteiger partial charge in [0.15, 0.2) is 0 Å². The predicted molar refractivity (Wildman–Crippen MR) is 44.3 cm³/mol. The minimum Gasteiger partial charge on any atom is -0.390 e. The number of rotatable bonds is 2. The van der Waals surface area contributed by atoms with Crippen molar-refractivity contribution in [1.29, 1.82) is 0 Å². The summed E-state index contributed by atoms with van der Waals surface area (Å²) in [7, 11) is 0. The van der Waals surface area contributed by atoms with E-state index in [9.17, 15) is 19.0 Å². The number of hydrogen-bond donors (Lipinski definition) is 2. The van der Waals surface area contributed by atoms with Crippen LogP contribution in [0, 0.1) is 6.92 Å². The molecule has 2 nitrogen and oxygen atoms in total. The van der Waals surface area contributed by atoms with Crippen molar-refractivity contribution < 1.29 is 19.0 Å². The Hall–Kier alpha value is -0.220. The first kappa shape index (κ1) is 10.9. The molecule has 1 saturated carbocycles. The second-order valence-electron chi connectivity index (χ2n) is 3.79. The second kappa shape index (κ2) is 3.50. The van der Waals surface area contributed by atoms with Crippen molar-refractivity contribution in [3.63, 3.8) is 0 Å². The highest BCUT2D eigenvalue weighted by molar-refractivity contribution is 4.95. The van der Waals surface area contributed by atoms with Gasteiger partial charge in [-0.25, -0.2) is 8.78 Å². The number of halogens is 2. The Labute approximate surface area is 76.6 Å². The molecule has 0 aromatic rings. The molecule has 2 N–H and O–H groups in total. The molecule has 2 unspecified atom stereocenters. The first-order chi connectivity index (χ1) is 5.90. The topological polar surface area (TPSA) is 40.5 Å². The Morgan fingerprint density at radius 2 is 2.00 bits per heavy atom. The molecular weight excluding hydrogens is 178 g/mol. The van der Waals surface area contributed by atoms with Crippen LogP contribution in [0.25, 0.3) is 0 Å². The van der Waals surface area contributed by atoms with E-state index in [0.29, 0.717) is 0 Å². The smallest absolute Gasteiger partial charge is 0.251 e. The van der Waals surface area contributed by atoms with Crippen molar-refractivity contribution in [3.05, 3.63) is 6.92 Å². The SMILES string of the molecule is [CH2]CC(O)C1(O)CCCC(F)(F)C1. The zero-order valence-corrected chi connectivity index (χ0v) is 7.47. The van der Waals surface area contributed by atoms with Crippen molar-refractivity contribution in [2.24, 2.45) is 0 Å². The highest BCUT2D eigenvalue weighted by Gasteiger charge is 2.47.